The van der Waals surface area contributed by atoms with Crippen molar-refractivity contribution >= 4 is 6.29 Å². The number of unbranched alkanes of at least 4 members (excludes halogenated alkanes) is 3. The van der Waals surface area contributed by atoms with Gasteiger partial charge in [-0.1, -0.05) is 31.7 Å². The van der Waals surface area contributed by atoms with Crippen molar-refractivity contribution in [2.45, 2.75) is 66.2 Å². The van der Waals surface area contributed by atoms with Crippen LogP contribution < -0.4 is 0 Å². The van der Waals surface area contributed by atoms with Gasteiger partial charge in [-0.3, -0.25) is 0 Å². The highest BCUT2D eigenvalue weighted by Gasteiger charge is 1.98. The molecule has 18 heavy (non-hydrogen) atoms. The van der Waals surface area contributed by atoms with E-state index in [2.05, 4.69) is 6.08 Å². The van der Waals surface area contributed by atoms with E-state index in [0.29, 0.717) is 12.8 Å². The zero-order valence-electron chi connectivity index (χ0n) is 10.9. The number of aldehydes is 1. The van der Waals surface area contributed by atoms with Gasteiger partial charge in [0.25, 0.3) is 0 Å². The number of carbonyl (C=O) groups is 1. The average Bonchev–Trinajstić information content (AvgIpc) is 2.31. The lowest BCUT2D eigenvalue weighted by Crippen LogP contribution is -1.87. The van der Waals surface area contributed by atoms with Gasteiger partial charge in [-0.15, -0.1) is 0 Å². The van der Waals surface area contributed by atoms with Crippen molar-refractivity contribution in [1.82, 2.24) is 0 Å². The quantitative estimate of drug-likeness (QED) is 0.318. The summed E-state index contributed by atoms with van der Waals surface area (Å²) in [6, 6.07) is 0. The molecular weight excluding hydrogens is 234 g/mol. The molecule has 0 aliphatic heterocycles. The Balaban J connectivity index is -0.000000238. The summed E-state index contributed by atoms with van der Waals surface area (Å²) in [5.41, 5.74) is 0. The van der Waals surface area contributed by atoms with Crippen LogP contribution in [0.3, 0.4) is 0 Å². The molecule has 0 aliphatic rings. The summed E-state index contributed by atoms with van der Waals surface area (Å²) in [7, 11) is 0. The van der Waals surface area contributed by atoms with Crippen molar-refractivity contribution in [2.75, 3.05) is 0 Å². The Morgan fingerprint density at radius 3 is 1.83 bits per heavy atom. The van der Waals surface area contributed by atoms with Crippen molar-refractivity contribution in [3.8, 4) is 0 Å². The largest absolute Gasteiger partial charge is 0.303 e. The van der Waals surface area contributed by atoms with Gasteiger partial charge in [-0.2, -0.15) is 0 Å². The molecule has 0 rings (SSSR count). The van der Waals surface area contributed by atoms with E-state index in [0.717, 1.165) is 25.5 Å². The number of hydrogen-bond acceptors (Lipinski definition) is 1. The number of rotatable bonds is 8. The molecular formula is C15H28F2O. The third-order valence-corrected chi connectivity index (χ3v) is 1.96. The molecule has 0 spiro atoms. The fourth-order valence-electron chi connectivity index (χ4n) is 1.04. The molecule has 0 saturated carbocycles. The molecule has 3 heteroatoms. The van der Waals surface area contributed by atoms with Crippen LogP contribution in [0.4, 0.5) is 8.78 Å². The van der Waals surface area contributed by atoms with Crippen LogP contribution in [0.2, 0.25) is 0 Å². The average molecular weight is 262 g/mol. The zero-order chi connectivity index (χ0) is 13.4. The first-order chi connectivity index (χ1) is 8.18. The molecule has 0 aromatic carbocycles. The van der Waals surface area contributed by atoms with Crippen LogP contribution in [0.15, 0.2) is 24.3 Å². The van der Waals surface area contributed by atoms with Crippen LogP contribution >= 0.6 is 0 Å². The Morgan fingerprint density at radius 1 is 0.944 bits per heavy atom. The van der Waals surface area contributed by atoms with E-state index in [1.54, 1.807) is 0 Å². The Bertz CT molecular complexity index is 199. The minimum atomic E-state index is -2.13. The summed E-state index contributed by atoms with van der Waals surface area (Å²) in [5, 5.41) is 0. The van der Waals surface area contributed by atoms with Crippen LogP contribution in [-0.2, 0) is 4.79 Å². The number of hydrogen-bond donors (Lipinski definition) is 0. The van der Waals surface area contributed by atoms with Gasteiger partial charge in [-0.25, -0.2) is 8.78 Å². The molecule has 0 amide bonds. The summed E-state index contributed by atoms with van der Waals surface area (Å²) in [6.07, 6.45) is 10.8. The van der Waals surface area contributed by atoms with Gasteiger partial charge in [0.15, 0.2) is 0 Å². The molecule has 0 saturated heterocycles. The second-order valence-electron chi connectivity index (χ2n) is 3.56. The predicted molar refractivity (Wildman–Crippen MR) is 76.1 cm³/mol. The maximum absolute atomic E-state index is 11.4. The minimum Gasteiger partial charge on any atom is -0.303 e. The summed E-state index contributed by atoms with van der Waals surface area (Å²) in [5.74, 6) is 0. The van der Waals surface area contributed by atoms with Crippen LogP contribution in [-0.4, -0.2) is 12.7 Å². The summed E-state index contributed by atoms with van der Waals surface area (Å²) in [6.45, 7) is 3.88. The molecule has 0 radical (unpaired) electrons. The van der Waals surface area contributed by atoms with Gasteiger partial charge in [0, 0.05) is 12.8 Å². The van der Waals surface area contributed by atoms with Crippen LogP contribution in [0.1, 0.15) is 59.8 Å². The molecule has 0 N–H and O–H groups in total. The first-order valence-corrected chi connectivity index (χ1v) is 6.13. The van der Waals surface area contributed by atoms with E-state index in [9.17, 15) is 13.6 Å². The van der Waals surface area contributed by atoms with Crippen molar-refractivity contribution < 1.29 is 13.6 Å². The molecule has 0 atom stereocenters. The van der Waals surface area contributed by atoms with Crippen molar-refractivity contribution in [2.24, 2.45) is 0 Å². The van der Waals surface area contributed by atoms with E-state index < -0.39 is 6.43 Å². The van der Waals surface area contributed by atoms with Crippen molar-refractivity contribution in [1.29, 1.82) is 0 Å². The number of allylic oxidation sites excluding steroid dienone is 4. The van der Waals surface area contributed by atoms with Crippen molar-refractivity contribution in [3.05, 3.63) is 24.3 Å². The molecule has 0 aromatic heterocycles. The highest BCUT2D eigenvalue weighted by Crippen LogP contribution is 2.05. The second kappa shape index (κ2) is 21.3. The lowest BCUT2D eigenvalue weighted by atomic mass is 10.2. The molecule has 0 fully saturated rings. The van der Waals surface area contributed by atoms with E-state index >= 15 is 0 Å². The zero-order valence-corrected chi connectivity index (χ0v) is 10.9. The second-order valence-corrected chi connectivity index (χ2v) is 3.56. The molecule has 0 unspecified atom stereocenters. The predicted octanol–water partition coefficient (Wildman–Crippen LogP) is 5.57. The van der Waals surface area contributed by atoms with Gasteiger partial charge < -0.3 is 4.79 Å². The fourth-order valence-corrected chi connectivity index (χ4v) is 1.04. The molecule has 1 nitrogen and oxygen atoms in total. The van der Waals surface area contributed by atoms with E-state index in [1.807, 2.05) is 32.1 Å². The Labute approximate surface area is 111 Å². The Kier molecular flexibility index (Phi) is 26.3. The van der Waals surface area contributed by atoms with E-state index in [4.69, 9.17) is 0 Å². The van der Waals surface area contributed by atoms with E-state index in [-0.39, 0.29) is 13.8 Å². The Morgan fingerprint density at radius 2 is 1.44 bits per heavy atom. The van der Waals surface area contributed by atoms with Crippen LogP contribution in [0, 0.1) is 0 Å². The molecule has 0 heterocycles. The summed E-state index contributed by atoms with van der Waals surface area (Å²) >= 11 is 0. The van der Waals surface area contributed by atoms with E-state index in [1.165, 1.54) is 0 Å². The smallest absolute Gasteiger partial charge is 0.238 e. The normalized spacial score (nSPS) is 10.3. The highest BCUT2D eigenvalue weighted by atomic mass is 19.3. The van der Waals surface area contributed by atoms with Crippen LogP contribution in [0.25, 0.3) is 0 Å². The number of alkyl halides is 2. The summed E-state index contributed by atoms with van der Waals surface area (Å²) in [4.78, 5) is 9.74. The SMILES string of the molecule is C.C/C=C/CCCC(F)F.C/C=C/CCCC=O. The molecule has 108 valence electrons. The molecule has 0 aromatic rings. The third kappa shape index (κ3) is 29.4. The van der Waals surface area contributed by atoms with Gasteiger partial charge in [0.1, 0.15) is 6.29 Å². The van der Waals surface area contributed by atoms with Gasteiger partial charge >= 0.3 is 0 Å². The Hall–Kier alpha value is -0.990. The topological polar surface area (TPSA) is 17.1 Å². The maximum Gasteiger partial charge on any atom is 0.238 e. The maximum atomic E-state index is 11.4. The third-order valence-electron chi connectivity index (χ3n) is 1.96. The lowest BCUT2D eigenvalue weighted by Gasteiger charge is -1.93. The number of halogens is 2. The van der Waals surface area contributed by atoms with Crippen LogP contribution in [0.5, 0.6) is 0 Å². The first kappa shape index (κ1) is 22.2. The monoisotopic (exact) mass is 262 g/mol. The van der Waals surface area contributed by atoms with Gasteiger partial charge in [0.2, 0.25) is 6.43 Å². The number of carbonyl (C=O) groups excluding carboxylic acids is 1. The molecule has 0 aliphatic carbocycles. The first-order valence-electron chi connectivity index (χ1n) is 6.13. The fraction of sp³-hybridized carbons (Fsp3) is 0.667. The minimum absolute atomic E-state index is 0. The standard InChI is InChI=1S/C7H12F2.C7H12O.CH4/c1-2-3-4-5-6-7(8)9;1-2-3-4-5-6-7-8;/h2-3,7H,4-6H2,1H3;2-3,7H,4-6H2,1H3;1H4/b2*3-2+;. The van der Waals surface area contributed by atoms with Crippen molar-refractivity contribution in [3.63, 3.8) is 0 Å². The highest BCUT2D eigenvalue weighted by molar-refractivity contribution is 5.48. The van der Waals surface area contributed by atoms with Gasteiger partial charge in [0.05, 0.1) is 0 Å². The van der Waals surface area contributed by atoms with Gasteiger partial charge in [-0.05, 0) is 39.5 Å². The summed E-state index contributed by atoms with van der Waals surface area (Å²) < 4.78 is 22.9. The molecule has 0 bridgehead atoms. The lowest BCUT2D eigenvalue weighted by molar-refractivity contribution is -0.107.